The van der Waals surface area contributed by atoms with Gasteiger partial charge in [0.25, 0.3) is 0 Å². The molecule has 0 unspecified atom stereocenters. The second kappa shape index (κ2) is 7.57. The number of carbonyl (C=O) groups is 1. The molecule has 2 rings (SSSR count). The molecule has 1 aromatic carbocycles. The highest BCUT2D eigenvalue weighted by molar-refractivity contribution is 5.79. The molecule has 0 saturated heterocycles. The van der Waals surface area contributed by atoms with E-state index in [4.69, 9.17) is 5.11 Å². The van der Waals surface area contributed by atoms with Crippen LogP contribution in [-0.4, -0.2) is 42.2 Å². The average Bonchev–Trinajstić information content (AvgIpc) is 2.44. The van der Waals surface area contributed by atoms with Crippen molar-refractivity contribution in [2.75, 3.05) is 26.2 Å². The molecule has 1 amide bonds. The lowest BCUT2D eigenvalue weighted by Crippen LogP contribution is -2.53. The number of benzene rings is 1. The maximum atomic E-state index is 12.4. The molecule has 4 nitrogen and oxygen atoms in total. The normalized spacial score (nSPS) is 16.5. The van der Waals surface area contributed by atoms with Crippen LogP contribution < -0.4 is 5.32 Å². The monoisotopic (exact) mass is 290 g/mol. The maximum Gasteiger partial charge on any atom is 0.234 e. The zero-order valence-corrected chi connectivity index (χ0v) is 12.8. The second-order valence-corrected chi connectivity index (χ2v) is 5.85. The van der Waals surface area contributed by atoms with Crippen molar-refractivity contribution in [1.29, 1.82) is 0 Å². The van der Waals surface area contributed by atoms with Gasteiger partial charge in [-0.25, -0.2) is 0 Å². The van der Waals surface area contributed by atoms with Crippen LogP contribution in [0.3, 0.4) is 0 Å². The second-order valence-electron chi connectivity index (χ2n) is 5.85. The van der Waals surface area contributed by atoms with Gasteiger partial charge >= 0.3 is 0 Å². The van der Waals surface area contributed by atoms with Gasteiger partial charge < -0.3 is 10.4 Å². The summed E-state index contributed by atoms with van der Waals surface area (Å²) in [7, 11) is 0. The SMILES string of the molecule is CCCN(CCO)CC(=O)NC1(c2ccccc2)CCC1. The van der Waals surface area contributed by atoms with Gasteiger partial charge in [-0.15, -0.1) is 0 Å². The minimum absolute atomic E-state index is 0.0560. The van der Waals surface area contributed by atoms with Gasteiger partial charge in [-0.2, -0.15) is 0 Å². The van der Waals surface area contributed by atoms with E-state index < -0.39 is 0 Å². The summed E-state index contributed by atoms with van der Waals surface area (Å²) in [5, 5.41) is 12.3. The molecule has 0 bridgehead atoms. The quantitative estimate of drug-likeness (QED) is 0.769. The van der Waals surface area contributed by atoms with Gasteiger partial charge in [0.1, 0.15) is 0 Å². The minimum atomic E-state index is -0.171. The molecular formula is C17H26N2O2. The number of rotatable bonds is 8. The van der Waals surface area contributed by atoms with E-state index in [-0.39, 0.29) is 18.1 Å². The Kier molecular flexibility index (Phi) is 5.76. The van der Waals surface area contributed by atoms with Crippen LogP contribution >= 0.6 is 0 Å². The molecule has 0 aromatic heterocycles. The van der Waals surface area contributed by atoms with Crippen LogP contribution in [0, 0.1) is 0 Å². The first-order chi connectivity index (χ1) is 10.2. The van der Waals surface area contributed by atoms with Crippen molar-refractivity contribution in [3.05, 3.63) is 35.9 Å². The first kappa shape index (κ1) is 16.0. The van der Waals surface area contributed by atoms with Crippen LogP contribution in [0.5, 0.6) is 0 Å². The van der Waals surface area contributed by atoms with E-state index in [0.717, 1.165) is 32.2 Å². The molecule has 0 atom stereocenters. The van der Waals surface area contributed by atoms with Gasteiger partial charge in [0.05, 0.1) is 18.7 Å². The summed E-state index contributed by atoms with van der Waals surface area (Å²) in [4.78, 5) is 14.4. The van der Waals surface area contributed by atoms with E-state index in [2.05, 4.69) is 24.4 Å². The number of aliphatic hydroxyl groups excluding tert-OH is 1. The molecule has 0 radical (unpaired) electrons. The van der Waals surface area contributed by atoms with Crippen LogP contribution in [0.2, 0.25) is 0 Å². The van der Waals surface area contributed by atoms with Crippen molar-refractivity contribution in [3.63, 3.8) is 0 Å². The zero-order valence-electron chi connectivity index (χ0n) is 12.8. The molecule has 116 valence electrons. The standard InChI is InChI=1S/C17H26N2O2/c1-2-11-19(12-13-20)14-16(21)18-17(9-6-10-17)15-7-4-3-5-8-15/h3-5,7-8,20H,2,6,9-14H2,1H3,(H,18,21). The van der Waals surface area contributed by atoms with Gasteiger partial charge in [-0.05, 0) is 37.8 Å². The number of amides is 1. The molecule has 21 heavy (non-hydrogen) atoms. The lowest BCUT2D eigenvalue weighted by atomic mass is 9.72. The van der Waals surface area contributed by atoms with Crippen LogP contribution in [-0.2, 0) is 10.3 Å². The highest BCUT2D eigenvalue weighted by Gasteiger charge is 2.39. The van der Waals surface area contributed by atoms with Crippen molar-refractivity contribution >= 4 is 5.91 Å². The predicted molar refractivity (Wildman–Crippen MR) is 83.9 cm³/mol. The zero-order chi connectivity index (χ0) is 15.1. The van der Waals surface area contributed by atoms with Crippen LogP contribution in [0.4, 0.5) is 0 Å². The number of aliphatic hydroxyl groups is 1. The Morgan fingerprint density at radius 3 is 2.52 bits per heavy atom. The van der Waals surface area contributed by atoms with Crippen molar-refractivity contribution < 1.29 is 9.90 Å². The Hall–Kier alpha value is -1.39. The smallest absolute Gasteiger partial charge is 0.234 e. The minimum Gasteiger partial charge on any atom is -0.395 e. The molecule has 1 fully saturated rings. The van der Waals surface area contributed by atoms with Gasteiger partial charge in [0.15, 0.2) is 0 Å². The summed E-state index contributed by atoms with van der Waals surface area (Å²) >= 11 is 0. The Labute approximate surface area is 127 Å². The van der Waals surface area contributed by atoms with E-state index in [0.29, 0.717) is 13.1 Å². The fraction of sp³-hybridized carbons (Fsp3) is 0.588. The van der Waals surface area contributed by atoms with Crippen LogP contribution in [0.25, 0.3) is 0 Å². The highest BCUT2D eigenvalue weighted by Crippen LogP contribution is 2.41. The lowest BCUT2D eigenvalue weighted by molar-refractivity contribution is -0.125. The summed E-state index contributed by atoms with van der Waals surface area (Å²) in [5.41, 5.74) is 1.03. The third-order valence-corrected chi connectivity index (χ3v) is 4.24. The van der Waals surface area contributed by atoms with Crippen molar-refractivity contribution in [2.24, 2.45) is 0 Å². The van der Waals surface area contributed by atoms with Gasteiger partial charge in [0.2, 0.25) is 5.91 Å². The molecule has 1 aromatic rings. The first-order valence-electron chi connectivity index (χ1n) is 7.90. The summed E-state index contributed by atoms with van der Waals surface area (Å²) in [6.07, 6.45) is 4.16. The molecule has 1 aliphatic carbocycles. The van der Waals surface area contributed by atoms with E-state index in [1.807, 2.05) is 23.1 Å². The summed E-state index contributed by atoms with van der Waals surface area (Å²) < 4.78 is 0. The highest BCUT2D eigenvalue weighted by atomic mass is 16.3. The van der Waals surface area contributed by atoms with Gasteiger partial charge in [0, 0.05) is 6.54 Å². The molecule has 0 aliphatic heterocycles. The predicted octanol–water partition coefficient (Wildman–Crippen LogP) is 1.89. The topological polar surface area (TPSA) is 52.6 Å². The number of carbonyl (C=O) groups excluding carboxylic acids is 1. The summed E-state index contributed by atoms with van der Waals surface area (Å²) in [6.45, 7) is 3.94. The third-order valence-electron chi connectivity index (χ3n) is 4.24. The van der Waals surface area contributed by atoms with Crippen molar-refractivity contribution in [2.45, 2.75) is 38.1 Å². The largest absolute Gasteiger partial charge is 0.395 e. The molecule has 0 heterocycles. The maximum absolute atomic E-state index is 12.4. The summed E-state index contributed by atoms with van der Waals surface area (Å²) in [6, 6.07) is 10.2. The number of hydrogen-bond donors (Lipinski definition) is 2. The molecule has 4 heteroatoms. The number of nitrogens with zero attached hydrogens (tertiary/aromatic N) is 1. The number of nitrogens with one attached hydrogen (secondary N) is 1. The van der Waals surface area contributed by atoms with Crippen LogP contribution in [0.15, 0.2) is 30.3 Å². The summed E-state index contributed by atoms with van der Waals surface area (Å²) in [5.74, 6) is 0.0560. The Morgan fingerprint density at radius 2 is 2.00 bits per heavy atom. The molecule has 2 N–H and O–H groups in total. The van der Waals surface area contributed by atoms with E-state index in [9.17, 15) is 4.79 Å². The number of hydrogen-bond acceptors (Lipinski definition) is 3. The van der Waals surface area contributed by atoms with Crippen molar-refractivity contribution in [1.82, 2.24) is 10.2 Å². The molecule has 1 aliphatic rings. The lowest BCUT2D eigenvalue weighted by Gasteiger charge is -2.43. The van der Waals surface area contributed by atoms with Gasteiger partial charge in [-0.3, -0.25) is 9.69 Å². The molecule has 0 spiro atoms. The fourth-order valence-corrected chi connectivity index (χ4v) is 3.01. The van der Waals surface area contributed by atoms with E-state index in [1.54, 1.807) is 0 Å². The Morgan fingerprint density at radius 1 is 1.29 bits per heavy atom. The Balaban J connectivity index is 1.97. The molecular weight excluding hydrogens is 264 g/mol. The fourth-order valence-electron chi connectivity index (χ4n) is 3.01. The van der Waals surface area contributed by atoms with E-state index >= 15 is 0 Å². The molecule has 1 saturated carbocycles. The Bertz CT molecular complexity index is 437. The van der Waals surface area contributed by atoms with E-state index in [1.165, 1.54) is 5.56 Å². The first-order valence-corrected chi connectivity index (χ1v) is 7.90. The van der Waals surface area contributed by atoms with Gasteiger partial charge in [-0.1, -0.05) is 37.3 Å². The average molecular weight is 290 g/mol. The van der Waals surface area contributed by atoms with Crippen molar-refractivity contribution in [3.8, 4) is 0 Å². The third kappa shape index (κ3) is 4.05. The van der Waals surface area contributed by atoms with Crippen LogP contribution in [0.1, 0.15) is 38.2 Å².